The number of rotatable bonds is 6. The number of hydrogen-bond acceptors (Lipinski definition) is 3. The summed E-state index contributed by atoms with van der Waals surface area (Å²) in [5.41, 5.74) is 1.28. The van der Waals surface area contributed by atoms with Crippen LogP contribution in [0.3, 0.4) is 0 Å². The van der Waals surface area contributed by atoms with Gasteiger partial charge in [-0.1, -0.05) is 37.3 Å². The molecule has 1 aromatic rings. The van der Waals surface area contributed by atoms with Gasteiger partial charge in [-0.15, -0.1) is 0 Å². The van der Waals surface area contributed by atoms with E-state index in [4.69, 9.17) is 10.2 Å². The second-order valence-corrected chi connectivity index (χ2v) is 3.81. The van der Waals surface area contributed by atoms with Gasteiger partial charge in [0, 0.05) is 13.1 Å². The van der Waals surface area contributed by atoms with Gasteiger partial charge in [0.2, 0.25) is 0 Å². The third-order valence-electron chi connectivity index (χ3n) is 2.41. The molecule has 3 nitrogen and oxygen atoms in total. The zero-order valence-electron chi connectivity index (χ0n) is 9.06. The molecule has 84 valence electrons. The van der Waals surface area contributed by atoms with Crippen molar-refractivity contribution in [2.75, 3.05) is 19.7 Å². The van der Waals surface area contributed by atoms with Gasteiger partial charge >= 0.3 is 0 Å². The standard InChI is InChI=1S/C12H19NO2/c1-10(7-13-8-12(15)9-14)11-5-3-2-4-6-11/h2-6,10,12-15H,7-9H2,1H3/t10?,12-/m0/s1. The Hall–Kier alpha value is -0.900. The zero-order chi connectivity index (χ0) is 11.1. The molecular weight excluding hydrogens is 190 g/mol. The Morgan fingerprint density at radius 1 is 1.20 bits per heavy atom. The van der Waals surface area contributed by atoms with Crippen LogP contribution >= 0.6 is 0 Å². The van der Waals surface area contributed by atoms with E-state index in [1.807, 2.05) is 18.2 Å². The van der Waals surface area contributed by atoms with Crippen LogP contribution in [0.5, 0.6) is 0 Å². The molecule has 1 rings (SSSR count). The first-order valence-electron chi connectivity index (χ1n) is 5.28. The summed E-state index contributed by atoms with van der Waals surface area (Å²) in [7, 11) is 0. The quantitative estimate of drug-likeness (QED) is 0.647. The average molecular weight is 209 g/mol. The lowest BCUT2D eigenvalue weighted by Crippen LogP contribution is -2.31. The van der Waals surface area contributed by atoms with Crippen LogP contribution in [0.1, 0.15) is 18.4 Å². The fourth-order valence-electron chi connectivity index (χ4n) is 1.43. The summed E-state index contributed by atoms with van der Waals surface area (Å²) >= 11 is 0. The van der Waals surface area contributed by atoms with Crippen molar-refractivity contribution < 1.29 is 10.2 Å². The maximum absolute atomic E-state index is 9.13. The first kappa shape index (κ1) is 12.2. The van der Waals surface area contributed by atoms with Crippen LogP contribution in [0.2, 0.25) is 0 Å². The monoisotopic (exact) mass is 209 g/mol. The minimum Gasteiger partial charge on any atom is -0.394 e. The molecule has 0 bridgehead atoms. The van der Waals surface area contributed by atoms with Crippen molar-refractivity contribution in [3.63, 3.8) is 0 Å². The molecule has 0 aliphatic rings. The summed E-state index contributed by atoms with van der Waals surface area (Å²) in [5.74, 6) is 0.414. The molecule has 1 unspecified atom stereocenters. The van der Waals surface area contributed by atoms with E-state index in [-0.39, 0.29) is 6.61 Å². The summed E-state index contributed by atoms with van der Waals surface area (Å²) in [5, 5.41) is 20.9. The van der Waals surface area contributed by atoms with E-state index in [9.17, 15) is 0 Å². The lowest BCUT2D eigenvalue weighted by Gasteiger charge is -2.14. The van der Waals surface area contributed by atoms with E-state index < -0.39 is 6.10 Å². The van der Waals surface area contributed by atoms with Crippen LogP contribution in [0.25, 0.3) is 0 Å². The molecule has 2 atom stereocenters. The van der Waals surface area contributed by atoms with Gasteiger partial charge in [-0.05, 0) is 11.5 Å². The number of aliphatic hydroxyl groups excluding tert-OH is 2. The van der Waals surface area contributed by atoms with Crippen molar-refractivity contribution >= 4 is 0 Å². The van der Waals surface area contributed by atoms with Gasteiger partial charge in [0.1, 0.15) is 0 Å². The Morgan fingerprint density at radius 3 is 2.47 bits per heavy atom. The smallest absolute Gasteiger partial charge is 0.0894 e. The minimum atomic E-state index is -0.659. The summed E-state index contributed by atoms with van der Waals surface area (Å²) in [6.07, 6.45) is -0.659. The summed E-state index contributed by atoms with van der Waals surface area (Å²) < 4.78 is 0. The SMILES string of the molecule is CC(CNC[C@H](O)CO)c1ccccc1. The van der Waals surface area contributed by atoms with Crippen molar-refractivity contribution in [2.24, 2.45) is 0 Å². The molecule has 0 aromatic heterocycles. The van der Waals surface area contributed by atoms with E-state index >= 15 is 0 Å². The molecule has 15 heavy (non-hydrogen) atoms. The van der Waals surface area contributed by atoms with Gasteiger partial charge in [0.05, 0.1) is 12.7 Å². The van der Waals surface area contributed by atoms with Crippen LogP contribution in [0.4, 0.5) is 0 Å². The highest BCUT2D eigenvalue weighted by atomic mass is 16.3. The Bertz CT molecular complexity index is 264. The van der Waals surface area contributed by atoms with Gasteiger partial charge < -0.3 is 15.5 Å². The van der Waals surface area contributed by atoms with Crippen LogP contribution in [-0.4, -0.2) is 36.0 Å². The average Bonchev–Trinajstić information content (AvgIpc) is 2.29. The van der Waals surface area contributed by atoms with Crippen LogP contribution < -0.4 is 5.32 Å². The number of benzene rings is 1. The van der Waals surface area contributed by atoms with Crippen LogP contribution in [0.15, 0.2) is 30.3 Å². The first-order valence-corrected chi connectivity index (χ1v) is 5.28. The van der Waals surface area contributed by atoms with Gasteiger partial charge in [0.15, 0.2) is 0 Å². The molecule has 3 heteroatoms. The van der Waals surface area contributed by atoms with E-state index in [0.717, 1.165) is 6.54 Å². The molecule has 0 spiro atoms. The maximum Gasteiger partial charge on any atom is 0.0894 e. The molecular formula is C12H19NO2. The van der Waals surface area contributed by atoms with E-state index in [1.54, 1.807) is 0 Å². The molecule has 1 aromatic carbocycles. The maximum atomic E-state index is 9.13. The first-order chi connectivity index (χ1) is 7.24. The minimum absolute atomic E-state index is 0.188. The van der Waals surface area contributed by atoms with Crippen molar-refractivity contribution in [1.29, 1.82) is 0 Å². The second kappa shape index (κ2) is 6.56. The van der Waals surface area contributed by atoms with Crippen LogP contribution in [-0.2, 0) is 0 Å². The number of nitrogens with one attached hydrogen (secondary N) is 1. The second-order valence-electron chi connectivity index (χ2n) is 3.81. The zero-order valence-corrected chi connectivity index (χ0v) is 9.06. The van der Waals surface area contributed by atoms with Crippen molar-refractivity contribution in [3.05, 3.63) is 35.9 Å². The summed E-state index contributed by atoms with van der Waals surface area (Å²) in [4.78, 5) is 0. The Labute approximate surface area is 90.8 Å². The molecule has 0 heterocycles. The lowest BCUT2D eigenvalue weighted by molar-refractivity contribution is 0.0943. The topological polar surface area (TPSA) is 52.5 Å². The summed E-state index contributed by atoms with van der Waals surface area (Å²) in [6.45, 7) is 3.19. The van der Waals surface area contributed by atoms with Crippen LogP contribution in [0, 0.1) is 0 Å². The molecule has 0 aliphatic carbocycles. The van der Waals surface area contributed by atoms with Gasteiger partial charge in [-0.25, -0.2) is 0 Å². The molecule has 0 radical (unpaired) electrons. The van der Waals surface area contributed by atoms with Gasteiger partial charge in [-0.3, -0.25) is 0 Å². The van der Waals surface area contributed by atoms with Gasteiger partial charge in [-0.2, -0.15) is 0 Å². The molecule has 0 aliphatic heterocycles. The summed E-state index contributed by atoms with van der Waals surface area (Å²) in [6, 6.07) is 10.2. The largest absolute Gasteiger partial charge is 0.394 e. The Morgan fingerprint density at radius 2 is 1.87 bits per heavy atom. The number of aliphatic hydroxyl groups is 2. The predicted octanol–water partition coefficient (Wildman–Crippen LogP) is 0.733. The third-order valence-corrected chi connectivity index (χ3v) is 2.41. The van der Waals surface area contributed by atoms with Crippen molar-refractivity contribution in [1.82, 2.24) is 5.32 Å². The van der Waals surface area contributed by atoms with E-state index in [1.165, 1.54) is 5.56 Å². The normalized spacial score (nSPS) is 14.9. The molecule has 0 saturated heterocycles. The number of hydrogen-bond donors (Lipinski definition) is 3. The third kappa shape index (κ3) is 4.42. The van der Waals surface area contributed by atoms with E-state index in [2.05, 4.69) is 24.4 Å². The Kier molecular flexibility index (Phi) is 5.32. The highest BCUT2D eigenvalue weighted by molar-refractivity contribution is 5.18. The fourth-order valence-corrected chi connectivity index (χ4v) is 1.43. The molecule has 0 amide bonds. The molecule has 0 saturated carbocycles. The highest BCUT2D eigenvalue weighted by Crippen LogP contribution is 2.12. The predicted molar refractivity (Wildman–Crippen MR) is 60.8 cm³/mol. The fraction of sp³-hybridized carbons (Fsp3) is 0.500. The lowest BCUT2D eigenvalue weighted by atomic mass is 10.0. The van der Waals surface area contributed by atoms with E-state index in [0.29, 0.717) is 12.5 Å². The molecule has 0 fully saturated rings. The van der Waals surface area contributed by atoms with Crippen molar-refractivity contribution in [2.45, 2.75) is 18.9 Å². The highest BCUT2D eigenvalue weighted by Gasteiger charge is 2.05. The molecule has 3 N–H and O–H groups in total. The van der Waals surface area contributed by atoms with Gasteiger partial charge in [0.25, 0.3) is 0 Å². The van der Waals surface area contributed by atoms with Crippen molar-refractivity contribution in [3.8, 4) is 0 Å². The Balaban J connectivity index is 2.28.